The minimum absolute atomic E-state index is 0.113. The molecular formula is C29H37N5O4S. The number of carbonyl (C=O) groups is 2. The maximum atomic E-state index is 13.8. The molecule has 0 radical (unpaired) electrons. The Labute approximate surface area is 232 Å². The zero-order valence-electron chi connectivity index (χ0n) is 22.5. The van der Waals surface area contributed by atoms with E-state index in [2.05, 4.69) is 27.1 Å². The van der Waals surface area contributed by atoms with Crippen molar-refractivity contribution in [2.75, 3.05) is 11.9 Å². The van der Waals surface area contributed by atoms with Gasteiger partial charge in [-0.2, -0.15) is 0 Å². The molecular weight excluding hydrogens is 514 g/mol. The van der Waals surface area contributed by atoms with Crippen LogP contribution >= 0.6 is 11.3 Å². The van der Waals surface area contributed by atoms with Gasteiger partial charge in [0.2, 0.25) is 0 Å². The Morgan fingerprint density at radius 1 is 1.08 bits per heavy atom. The van der Waals surface area contributed by atoms with Crippen LogP contribution in [-0.4, -0.2) is 55.0 Å². The van der Waals surface area contributed by atoms with Gasteiger partial charge in [0, 0.05) is 23.5 Å². The third-order valence-corrected chi connectivity index (χ3v) is 8.94. The summed E-state index contributed by atoms with van der Waals surface area (Å²) in [7, 11) is 0. The van der Waals surface area contributed by atoms with Gasteiger partial charge in [-0.3, -0.25) is 24.6 Å². The maximum absolute atomic E-state index is 13.8. The van der Waals surface area contributed by atoms with Crippen molar-refractivity contribution in [3.63, 3.8) is 0 Å². The molecule has 39 heavy (non-hydrogen) atoms. The van der Waals surface area contributed by atoms with Gasteiger partial charge in [0.25, 0.3) is 11.5 Å². The van der Waals surface area contributed by atoms with Crippen molar-refractivity contribution in [2.24, 2.45) is 0 Å². The summed E-state index contributed by atoms with van der Waals surface area (Å²) < 4.78 is 1.74. The Kier molecular flexibility index (Phi) is 8.72. The van der Waals surface area contributed by atoms with E-state index in [0.717, 1.165) is 36.2 Å². The summed E-state index contributed by atoms with van der Waals surface area (Å²) in [5.41, 5.74) is 1.06. The zero-order chi connectivity index (χ0) is 27.4. The van der Waals surface area contributed by atoms with Crippen LogP contribution in [0.1, 0.15) is 93.4 Å². The lowest BCUT2D eigenvalue weighted by atomic mass is 9.94. The Bertz CT molecular complexity index is 1380. The van der Waals surface area contributed by atoms with Crippen LogP contribution in [0.2, 0.25) is 0 Å². The van der Waals surface area contributed by atoms with Crippen LogP contribution < -0.4 is 10.9 Å². The molecule has 0 unspecified atom stereocenters. The zero-order valence-corrected chi connectivity index (χ0v) is 23.3. The third-order valence-electron chi connectivity index (χ3n) is 8.13. The predicted octanol–water partition coefficient (Wildman–Crippen LogP) is 5.26. The number of hydrogen-bond acceptors (Lipinski definition) is 7. The first-order valence-corrected chi connectivity index (χ1v) is 15.0. The van der Waals surface area contributed by atoms with Crippen molar-refractivity contribution in [1.82, 2.24) is 19.4 Å². The number of carbonyl (C=O) groups excluding carboxylic acids is 1. The number of para-hydroxylation sites is 2. The highest BCUT2D eigenvalue weighted by Gasteiger charge is 2.32. The fourth-order valence-corrected chi connectivity index (χ4v) is 7.06. The summed E-state index contributed by atoms with van der Waals surface area (Å²) in [5, 5.41) is 13.5. The molecule has 2 atom stereocenters. The van der Waals surface area contributed by atoms with Gasteiger partial charge in [-0.25, -0.2) is 9.97 Å². The normalized spacial score (nSPS) is 20.0. The summed E-state index contributed by atoms with van der Waals surface area (Å²) >= 11 is 1.12. The van der Waals surface area contributed by atoms with Crippen LogP contribution in [0.3, 0.4) is 0 Å². The number of amides is 1. The average molecular weight is 552 g/mol. The summed E-state index contributed by atoms with van der Waals surface area (Å²) in [6.45, 7) is 3.20. The van der Waals surface area contributed by atoms with E-state index in [1.807, 2.05) is 24.3 Å². The van der Waals surface area contributed by atoms with E-state index in [-0.39, 0.29) is 23.3 Å². The van der Waals surface area contributed by atoms with Crippen LogP contribution in [0.4, 0.5) is 5.13 Å². The van der Waals surface area contributed by atoms with E-state index < -0.39 is 17.4 Å². The van der Waals surface area contributed by atoms with E-state index >= 15 is 0 Å². The van der Waals surface area contributed by atoms with Crippen molar-refractivity contribution in [3.05, 3.63) is 51.4 Å². The molecule has 1 aromatic carbocycles. The van der Waals surface area contributed by atoms with Crippen molar-refractivity contribution in [3.8, 4) is 0 Å². The molecule has 208 valence electrons. The number of benzene rings is 1. The highest BCUT2D eigenvalue weighted by atomic mass is 32.1. The Hall–Kier alpha value is -3.11. The highest BCUT2D eigenvalue weighted by Crippen LogP contribution is 2.32. The largest absolute Gasteiger partial charge is 0.481 e. The lowest BCUT2D eigenvalue weighted by molar-refractivity contribution is -0.136. The Balaban J connectivity index is 1.39. The van der Waals surface area contributed by atoms with Gasteiger partial charge in [0.1, 0.15) is 0 Å². The SMILES string of the molecule is C[C@@H](C[C@@H]1CCCN1C1CCCCCCC1)n1c(=O)c(C(=O)Nc2nc(CC(=O)O)cs2)nc2ccccc21. The molecule has 9 nitrogen and oxygen atoms in total. The monoisotopic (exact) mass is 551 g/mol. The smallest absolute Gasteiger partial charge is 0.309 e. The average Bonchev–Trinajstić information content (AvgIpc) is 3.52. The number of anilines is 1. The minimum Gasteiger partial charge on any atom is -0.481 e. The van der Waals surface area contributed by atoms with Crippen molar-refractivity contribution in [2.45, 2.75) is 95.7 Å². The summed E-state index contributed by atoms with van der Waals surface area (Å²) in [6, 6.07) is 8.38. The number of aliphatic carboxylic acids is 1. The molecule has 0 bridgehead atoms. The molecule has 10 heteroatoms. The lowest BCUT2D eigenvalue weighted by Gasteiger charge is -2.36. The first kappa shape index (κ1) is 27.5. The van der Waals surface area contributed by atoms with Gasteiger partial charge < -0.3 is 9.67 Å². The van der Waals surface area contributed by atoms with Crippen molar-refractivity contribution < 1.29 is 14.7 Å². The summed E-state index contributed by atoms with van der Waals surface area (Å²) in [5.74, 6) is -1.64. The number of carboxylic acids is 1. The number of aromatic nitrogens is 3. The van der Waals surface area contributed by atoms with E-state index in [4.69, 9.17) is 5.11 Å². The maximum Gasteiger partial charge on any atom is 0.309 e. The molecule has 2 N–H and O–H groups in total. The molecule has 2 aliphatic rings. The van der Waals surface area contributed by atoms with Crippen LogP contribution in [-0.2, 0) is 11.2 Å². The number of nitrogens with zero attached hydrogens (tertiary/aromatic N) is 4. The Morgan fingerprint density at radius 3 is 2.59 bits per heavy atom. The first-order valence-electron chi connectivity index (χ1n) is 14.1. The summed E-state index contributed by atoms with van der Waals surface area (Å²) in [4.78, 5) is 49.3. The van der Waals surface area contributed by atoms with Gasteiger partial charge in [-0.05, 0) is 57.7 Å². The third kappa shape index (κ3) is 6.38. The molecule has 1 aliphatic heterocycles. The van der Waals surface area contributed by atoms with E-state index in [1.165, 1.54) is 51.4 Å². The van der Waals surface area contributed by atoms with Gasteiger partial charge >= 0.3 is 5.97 Å². The number of rotatable bonds is 8. The predicted molar refractivity (Wildman–Crippen MR) is 153 cm³/mol. The fourth-order valence-electron chi connectivity index (χ4n) is 6.35. The number of hydrogen-bond donors (Lipinski definition) is 2. The molecule has 5 rings (SSSR count). The van der Waals surface area contributed by atoms with Gasteiger partial charge in [-0.1, -0.05) is 44.2 Å². The first-order chi connectivity index (χ1) is 18.9. The van der Waals surface area contributed by atoms with Crippen LogP contribution in [0.25, 0.3) is 11.0 Å². The topological polar surface area (TPSA) is 117 Å². The number of likely N-dealkylation sites (tertiary alicyclic amines) is 1. The second-order valence-electron chi connectivity index (χ2n) is 10.9. The number of carboxylic acid groups (broad SMARTS) is 1. The molecule has 0 spiro atoms. The van der Waals surface area contributed by atoms with Gasteiger partial charge in [0.15, 0.2) is 10.8 Å². The quantitative estimate of drug-likeness (QED) is 0.392. The molecule has 2 fully saturated rings. The standard InChI is InChI=1S/C29H37N5O4S/c1-19(16-22-12-9-15-33(22)21-10-5-3-2-4-6-11-21)34-24-14-8-7-13-23(24)31-26(28(34)38)27(37)32-29-30-20(18-39-29)17-25(35)36/h7-8,13-14,18-19,21-22H,2-6,9-12,15-17H2,1H3,(H,35,36)(H,30,32,37)/t19-,22-/m0/s1. The number of fused-ring (bicyclic) bond motifs is 1. The van der Waals surface area contributed by atoms with Crippen molar-refractivity contribution in [1.29, 1.82) is 0 Å². The molecule has 3 aromatic rings. The molecule has 1 aliphatic carbocycles. The summed E-state index contributed by atoms with van der Waals surface area (Å²) in [6.07, 6.45) is 12.1. The van der Waals surface area contributed by atoms with Crippen LogP contribution in [0.5, 0.6) is 0 Å². The van der Waals surface area contributed by atoms with Crippen molar-refractivity contribution >= 4 is 39.4 Å². The second kappa shape index (κ2) is 12.4. The Morgan fingerprint density at radius 2 is 1.82 bits per heavy atom. The minimum atomic E-state index is -0.999. The molecule has 1 amide bonds. The number of thiazole rings is 1. The fraction of sp³-hybridized carbons (Fsp3) is 0.552. The molecule has 2 aromatic heterocycles. The highest BCUT2D eigenvalue weighted by molar-refractivity contribution is 7.14. The van der Waals surface area contributed by atoms with E-state index in [0.29, 0.717) is 23.3 Å². The van der Waals surface area contributed by atoms with Crippen LogP contribution in [0.15, 0.2) is 34.4 Å². The van der Waals surface area contributed by atoms with Crippen LogP contribution in [0, 0.1) is 0 Å². The van der Waals surface area contributed by atoms with E-state index in [1.54, 1.807) is 9.95 Å². The molecule has 3 heterocycles. The van der Waals surface area contributed by atoms with E-state index in [9.17, 15) is 14.4 Å². The lowest BCUT2D eigenvalue weighted by Crippen LogP contribution is -2.41. The van der Waals surface area contributed by atoms with Gasteiger partial charge in [-0.15, -0.1) is 11.3 Å². The number of nitrogens with one attached hydrogen (secondary N) is 1. The second-order valence-corrected chi connectivity index (χ2v) is 11.8. The molecule has 1 saturated heterocycles. The molecule has 1 saturated carbocycles. The van der Waals surface area contributed by atoms with Gasteiger partial charge in [0.05, 0.1) is 23.1 Å².